The molecule has 0 saturated heterocycles. The first-order valence-corrected chi connectivity index (χ1v) is 7.70. The highest BCUT2D eigenvalue weighted by Crippen LogP contribution is 2.30. The second kappa shape index (κ2) is 5.74. The van der Waals surface area contributed by atoms with E-state index in [1.807, 2.05) is 0 Å². The summed E-state index contributed by atoms with van der Waals surface area (Å²) < 4.78 is 34.9. The van der Waals surface area contributed by atoms with Crippen LogP contribution in [-0.4, -0.2) is 50.8 Å². The van der Waals surface area contributed by atoms with Crippen molar-refractivity contribution in [3.05, 3.63) is 24.4 Å². The average molecular weight is 313 g/mol. The Labute approximate surface area is 121 Å². The van der Waals surface area contributed by atoms with E-state index < -0.39 is 15.9 Å². The minimum atomic E-state index is -3.47. The molecule has 114 valence electrons. The van der Waals surface area contributed by atoms with E-state index in [1.54, 1.807) is 0 Å². The zero-order chi connectivity index (χ0) is 15.6. The lowest BCUT2D eigenvalue weighted by atomic mass is 10.2. The molecule has 2 aromatic rings. The van der Waals surface area contributed by atoms with Crippen LogP contribution >= 0.6 is 0 Å². The molecule has 2 rings (SSSR count). The third-order valence-corrected chi connectivity index (χ3v) is 4.73. The third-order valence-electron chi connectivity index (χ3n) is 3.06. The molecule has 1 N–H and O–H groups in total. The van der Waals surface area contributed by atoms with Gasteiger partial charge < -0.3 is 14.6 Å². The number of benzene rings is 1. The van der Waals surface area contributed by atoms with Crippen LogP contribution in [0.25, 0.3) is 10.8 Å². The van der Waals surface area contributed by atoms with Gasteiger partial charge in [0.05, 0.1) is 24.4 Å². The standard InChI is InChI=1S/C13H15NO6S/c1-19-5-6-21(17,18)10-3-4-11-9(7-10)8-14(13(15)16)12(11)20-2/h3-4,7-8H,5-6H2,1-2H3,(H,15,16). The van der Waals surface area contributed by atoms with Crippen LogP contribution in [0.2, 0.25) is 0 Å². The Morgan fingerprint density at radius 2 is 2.05 bits per heavy atom. The number of hydrogen-bond donors (Lipinski definition) is 1. The molecule has 0 aliphatic heterocycles. The Bertz CT molecular complexity index is 777. The normalized spacial score (nSPS) is 11.7. The van der Waals surface area contributed by atoms with Gasteiger partial charge in [0.15, 0.2) is 9.84 Å². The second-order valence-electron chi connectivity index (χ2n) is 4.35. The molecule has 7 nitrogen and oxygen atoms in total. The molecule has 0 amide bonds. The molecule has 1 aromatic heterocycles. The number of nitrogens with zero attached hydrogens (tertiary/aromatic N) is 1. The van der Waals surface area contributed by atoms with Crippen molar-refractivity contribution in [1.82, 2.24) is 4.57 Å². The van der Waals surface area contributed by atoms with E-state index in [2.05, 4.69) is 0 Å². The van der Waals surface area contributed by atoms with Gasteiger partial charge >= 0.3 is 6.09 Å². The van der Waals surface area contributed by atoms with E-state index >= 15 is 0 Å². The van der Waals surface area contributed by atoms with Crippen LogP contribution in [0.3, 0.4) is 0 Å². The van der Waals surface area contributed by atoms with Gasteiger partial charge in [-0.25, -0.2) is 17.8 Å². The summed E-state index contributed by atoms with van der Waals surface area (Å²) in [4.78, 5) is 11.2. The number of hydrogen-bond acceptors (Lipinski definition) is 5. The predicted molar refractivity (Wildman–Crippen MR) is 75.8 cm³/mol. The minimum Gasteiger partial charge on any atom is -0.481 e. The molecule has 0 unspecified atom stereocenters. The monoisotopic (exact) mass is 313 g/mol. The Morgan fingerprint density at radius 3 is 2.62 bits per heavy atom. The molecule has 0 aliphatic carbocycles. The molecule has 0 bridgehead atoms. The van der Waals surface area contributed by atoms with Gasteiger partial charge in [-0.05, 0) is 18.2 Å². The maximum Gasteiger partial charge on any atom is 0.418 e. The van der Waals surface area contributed by atoms with Crippen molar-refractivity contribution in [3.8, 4) is 5.88 Å². The van der Waals surface area contributed by atoms with Crippen LogP contribution in [0.1, 0.15) is 0 Å². The van der Waals surface area contributed by atoms with Gasteiger partial charge in [-0.15, -0.1) is 0 Å². The predicted octanol–water partition coefficient (Wildman–Crippen LogP) is 1.60. The second-order valence-corrected chi connectivity index (χ2v) is 6.46. The third kappa shape index (κ3) is 2.86. The number of sulfone groups is 1. The summed E-state index contributed by atoms with van der Waals surface area (Å²) in [6, 6.07) is 4.40. The summed E-state index contributed by atoms with van der Waals surface area (Å²) in [5.41, 5.74) is 0. The van der Waals surface area contributed by atoms with Crippen LogP contribution in [0.4, 0.5) is 4.79 Å². The van der Waals surface area contributed by atoms with Crippen molar-refractivity contribution < 1.29 is 27.8 Å². The van der Waals surface area contributed by atoms with Gasteiger partial charge in [0.25, 0.3) is 0 Å². The van der Waals surface area contributed by atoms with Crippen LogP contribution in [0, 0.1) is 0 Å². The molecule has 1 heterocycles. The summed E-state index contributed by atoms with van der Waals surface area (Å²) in [7, 11) is -0.681. The zero-order valence-corrected chi connectivity index (χ0v) is 12.4. The summed E-state index contributed by atoms with van der Waals surface area (Å²) in [6.45, 7) is 0.0971. The van der Waals surface area contributed by atoms with Crippen molar-refractivity contribution >= 4 is 26.7 Å². The van der Waals surface area contributed by atoms with E-state index in [0.29, 0.717) is 10.8 Å². The van der Waals surface area contributed by atoms with Gasteiger partial charge in [0.1, 0.15) is 0 Å². The molecular formula is C13H15NO6S. The topological polar surface area (TPSA) is 94.8 Å². The van der Waals surface area contributed by atoms with Gasteiger partial charge in [-0.3, -0.25) is 0 Å². The van der Waals surface area contributed by atoms with Crippen molar-refractivity contribution in [1.29, 1.82) is 0 Å². The quantitative estimate of drug-likeness (QED) is 0.901. The van der Waals surface area contributed by atoms with Gasteiger partial charge in [0, 0.05) is 24.1 Å². The fourth-order valence-corrected chi connectivity index (χ4v) is 3.23. The Morgan fingerprint density at radius 1 is 1.33 bits per heavy atom. The molecule has 0 aliphatic rings. The van der Waals surface area contributed by atoms with E-state index in [-0.39, 0.29) is 23.1 Å². The molecule has 0 saturated carbocycles. The molecule has 21 heavy (non-hydrogen) atoms. The lowest BCUT2D eigenvalue weighted by molar-refractivity contribution is 0.193. The van der Waals surface area contributed by atoms with Gasteiger partial charge in [0.2, 0.25) is 5.88 Å². The molecule has 0 fully saturated rings. The Balaban J connectivity index is 2.55. The van der Waals surface area contributed by atoms with Crippen LogP contribution in [-0.2, 0) is 14.6 Å². The number of fused-ring (bicyclic) bond motifs is 1. The number of carboxylic acid groups (broad SMARTS) is 1. The molecular weight excluding hydrogens is 298 g/mol. The van der Waals surface area contributed by atoms with Crippen molar-refractivity contribution in [2.45, 2.75) is 4.90 Å². The first-order chi connectivity index (χ1) is 9.90. The highest BCUT2D eigenvalue weighted by molar-refractivity contribution is 7.91. The highest BCUT2D eigenvalue weighted by Gasteiger charge is 2.19. The zero-order valence-electron chi connectivity index (χ0n) is 11.6. The fourth-order valence-electron chi connectivity index (χ4n) is 2.02. The maximum absolute atomic E-state index is 12.1. The Hall–Kier alpha value is -2.06. The minimum absolute atomic E-state index is 0.0971. The number of rotatable bonds is 5. The number of methoxy groups -OCH3 is 2. The summed E-state index contributed by atoms with van der Waals surface area (Å²) in [5, 5.41) is 10.1. The summed E-state index contributed by atoms with van der Waals surface area (Å²) in [5.74, 6) is 0.0181. The smallest absolute Gasteiger partial charge is 0.418 e. The van der Waals surface area contributed by atoms with Crippen molar-refractivity contribution in [2.75, 3.05) is 26.6 Å². The lowest BCUT2D eigenvalue weighted by Gasteiger charge is -2.04. The highest BCUT2D eigenvalue weighted by atomic mass is 32.2. The maximum atomic E-state index is 12.1. The van der Waals surface area contributed by atoms with Crippen LogP contribution in [0.15, 0.2) is 29.3 Å². The summed E-state index contributed by atoms with van der Waals surface area (Å²) in [6.07, 6.45) is 0.123. The van der Waals surface area contributed by atoms with Crippen LogP contribution < -0.4 is 4.74 Å². The summed E-state index contributed by atoms with van der Waals surface area (Å²) >= 11 is 0. The first kappa shape index (κ1) is 15.3. The van der Waals surface area contributed by atoms with Gasteiger partial charge in [-0.2, -0.15) is 0 Å². The number of aromatic nitrogens is 1. The SMILES string of the molecule is COCCS(=O)(=O)c1ccc2c(OC)n(C(=O)O)cc2c1. The van der Waals surface area contributed by atoms with Gasteiger partial charge in [-0.1, -0.05) is 0 Å². The molecule has 8 heteroatoms. The fraction of sp³-hybridized carbons (Fsp3) is 0.308. The number of ether oxygens (including phenoxy) is 2. The molecule has 0 atom stereocenters. The lowest BCUT2D eigenvalue weighted by Crippen LogP contribution is -2.11. The largest absolute Gasteiger partial charge is 0.481 e. The van der Waals surface area contributed by atoms with Crippen molar-refractivity contribution in [2.24, 2.45) is 0 Å². The van der Waals surface area contributed by atoms with E-state index in [0.717, 1.165) is 4.57 Å². The Kier molecular flexibility index (Phi) is 4.19. The number of carbonyl (C=O) groups is 1. The molecule has 0 radical (unpaired) electrons. The van der Waals surface area contributed by atoms with E-state index in [1.165, 1.54) is 38.6 Å². The van der Waals surface area contributed by atoms with Crippen LogP contribution in [0.5, 0.6) is 5.88 Å². The average Bonchev–Trinajstić information content (AvgIpc) is 2.83. The van der Waals surface area contributed by atoms with E-state index in [4.69, 9.17) is 14.6 Å². The first-order valence-electron chi connectivity index (χ1n) is 6.05. The molecule has 1 aromatic carbocycles. The molecule has 0 spiro atoms. The van der Waals surface area contributed by atoms with Crippen molar-refractivity contribution in [3.63, 3.8) is 0 Å². The van der Waals surface area contributed by atoms with E-state index in [9.17, 15) is 13.2 Å².